The van der Waals surface area contributed by atoms with E-state index in [4.69, 9.17) is 28.2 Å². The lowest BCUT2D eigenvalue weighted by Gasteiger charge is -2.08. The minimum atomic E-state index is -0.465. The van der Waals surface area contributed by atoms with Gasteiger partial charge in [-0.15, -0.1) is 0 Å². The van der Waals surface area contributed by atoms with Gasteiger partial charge in [-0.05, 0) is 73.2 Å². The van der Waals surface area contributed by atoms with Crippen molar-refractivity contribution in [1.82, 2.24) is 10.3 Å². The Kier molecular flexibility index (Phi) is 7.02. The molecule has 3 N–H and O–H groups in total. The lowest BCUT2D eigenvalue weighted by Crippen LogP contribution is -2.33. The third-order valence-electron chi connectivity index (χ3n) is 4.56. The lowest BCUT2D eigenvalue weighted by molar-refractivity contribution is -0.116. The molecule has 0 aliphatic heterocycles. The zero-order valence-electron chi connectivity index (χ0n) is 17.5. The number of carbonyl (C=O) groups excluding carboxylic acids is 2. The summed E-state index contributed by atoms with van der Waals surface area (Å²) in [7, 11) is 0. The fourth-order valence-electron chi connectivity index (χ4n) is 3.02. The Bertz CT molecular complexity index is 1330. The monoisotopic (exact) mass is 498 g/mol. The summed E-state index contributed by atoms with van der Waals surface area (Å²) < 4.78 is 6.52. The smallest absolute Gasteiger partial charge is 0.293 e. The normalized spacial score (nSPS) is 10.7. The van der Waals surface area contributed by atoms with Crippen LogP contribution in [0.2, 0.25) is 5.02 Å². The number of nitrogens with one attached hydrogen (secondary N) is 3. The molecule has 0 aliphatic rings. The van der Waals surface area contributed by atoms with Crippen LogP contribution in [0.5, 0.6) is 0 Å². The first kappa shape index (κ1) is 22.9. The Labute approximate surface area is 204 Å². The molecule has 0 fully saturated rings. The molecule has 2 amide bonds. The molecule has 33 heavy (non-hydrogen) atoms. The molecule has 0 aliphatic carbocycles. The van der Waals surface area contributed by atoms with E-state index in [-0.39, 0.29) is 16.8 Å². The van der Waals surface area contributed by atoms with Crippen molar-refractivity contribution in [2.24, 2.45) is 0 Å². The molecule has 168 valence electrons. The summed E-state index contributed by atoms with van der Waals surface area (Å²) in [5.74, 6) is 0.158. The van der Waals surface area contributed by atoms with E-state index in [1.54, 1.807) is 30.3 Å². The van der Waals surface area contributed by atoms with E-state index in [1.807, 2.05) is 31.2 Å². The van der Waals surface area contributed by atoms with Crippen LogP contribution in [0.4, 0.5) is 10.8 Å². The van der Waals surface area contributed by atoms with Gasteiger partial charge in [0.25, 0.3) is 5.91 Å². The molecule has 7 nitrogen and oxygen atoms in total. The van der Waals surface area contributed by atoms with E-state index >= 15 is 0 Å². The van der Waals surface area contributed by atoms with Gasteiger partial charge in [0.15, 0.2) is 16.0 Å². The molecule has 2 aromatic heterocycles. The minimum absolute atomic E-state index is 0.0593. The highest BCUT2D eigenvalue weighted by Gasteiger charge is 2.14. The van der Waals surface area contributed by atoms with Crippen LogP contribution in [-0.4, -0.2) is 21.9 Å². The van der Waals surface area contributed by atoms with Crippen molar-refractivity contribution >= 4 is 73.1 Å². The third kappa shape index (κ3) is 5.75. The first-order valence-corrected chi connectivity index (χ1v) is 11.7. The second-order valence-electron chi connectivity index (χ2n) is 7.08. The number of aromatic nitrogens is 1. The van der Waals surface area contributed by atoms with E-state index < -0.39 is 5.91 Å². The number of halogens is 1. The van der Waals surface area contributed by atoms with E-state index in [0.717, 1.165) is 22.2 Å². The average Bonchev–Trinajstić information content (AvgIpc) is 3.41. The number of amides is 2. The molecule has 2 aromatic carbocycles. The van der Waals surface area contributed by atoms with E-state index in [9.17, 15) is 9.59 Å². The number of hydrogen-bond acceptors (Lipinski definition) is 6. The van der Waals surface area contributed by atoms with Crippen LogP contribution in [0.3, 0.4) is 0 Å². The van der Waals surface area contributed by atoms with Crippen LogP contribution in [0.15, 0.2) is 59.0 Å². The first-order valence-electron chi connectivity index (χ1n) is 10.1. The van der Waals surface area contributed by atoms with Crippen LogP contribution in [0.25, 0.3) is 21.5 Å². The van der Waals surface area contributed by atoms with E-state index in [2.05, 4.69) is 20.9 Å². The van der Waals surface area contributed by atoms with Crippen molar-refractivity contribution in [3.63, 3.8) is 0 Å². The molecule has 4 aromatic rings. The fourth-order valence-corrected chi connectivity index (χ4v) is 4.28. The van der Waals surface area contributed by atoms with Gasteiger partial charge in [-0.2, -0.15) is 0 Å². The molecule has 0 unspecified atom stereocenters. The molecule has 0 saturated heterocycles. The highest BCUT2D eigenvalue weighted by atomic mass is 35.5. The maximum Gasteiger partial charge on any atom is 0.293 e. The Hall–Kier alpha value is -3.27. The largest absolute Gasteiger partial charge is 0.451 e. The topological polar surface area (TPSA) is 96.3 Å². The number of nitrogens with zero attached hydrogens (tertiary/aromatic N) is 1. The standard InChI is InChI=1S/C23H19ClN4O3S2/c1-2-3-20(29)27-23-26-16-9-8-15(12-19(16)33-23)25-22(32)28-21(30)18-11-10-17(31-18)13-4-6-14(24)7-5-13/h4-12H,2-3H2,1H3,(H,26,27,29)(H2,25,28,30,32). The zero-order chi connectivity index (χ0) is 23.4. The molecular weight excluding hydrogens is 480 g/mol. The van der Waals surface area contributed by atoms with Crippen molar-refractivity contribution in [2.45, 2.75) is 19.8 Å². The molecule has 4 rings (SSSR count). The molecule has 0 saturated carbocycles. The molecule has 0 bridgehead atoms. The molecule has 10 heteroatoms. The number of thiazole rings is 1. The quantitative estimate of drug-likeness (QED) is 0.279. The first-order chi connectivity index (χ1) is 15.9. The van der Waals surface area contributed by atoms with E-state index in [1.165, 1.54) is 11.3 Å². The minimum Gasteiger partial charge on any atom is -0.451 e. The summed E-state index contributed by atoms with van der Waals surface area (Å²) in [6.07, 6.45) is 1.22. The zero-order valence-corrected chi connectivity index (χ0v) is 19.9. The molecular formula is C23H19ClN4O3S2. The molecule has 2 heterocycles. The predicted molar refractivity (Wildman–Crippen MR) is 136 cm³/mol. The number of fused-ring (bicyclic) bond motifs is 1. The Morgan fingerprint density at radius 1 is 1.09 bits per heavy atom. The van der Waals surface area contributed by atoms with Crippen molar-refractivity contribution in [3.8, 4) is 11.3 Å². The average molecular weight is 499 g/mol. The van der Waals surface area contributed by atoms with Crippen molar-refractivity contribution in [1.29, 1.82) is 0 Å². The fraction of sp³-hybridized carbons (Fsp3) is 0.130. The third-order valence-corrected chi connectivity index (χ3v) is 5.95. The SMILES string of the molecule is CCCC(=O)Nc1nc2ccc(NC(=S)NC(=O)c3ccc(-c4ccc(Cl)cc4)o3)cc2s1. The summed E-state index contributed by atoms with van der Waals surface area (Å²) in [6, 6.07) is 15.9. The maximum absolute atomic E-state index is 12.5. The summed E-state index contributed by atoms with van der Waals surface area (Å²) in [6.45, 7) is 1.95. The van der Waals surface area contributed by atoms with Gasteiger partial charge in [0.2, 0.25) is 5.91 Å². The van der Waals surface area contributed by atoms with Gasteiger partial charge >= 0.3 is 0 Å². The molecule has 0 atom stereocenters. The van der Waals surface area contributed by atoms with Gasteiger partial charge in [-0.1, -0.05) is 29.9 Å². The van der Waals surface area contributed by atoms with Gasteiger partial charge < -0.3 is 15.1 Å². The van der Waals surface area contributed by atoms with Crippen molar-refractivity contribution < 1.29 is 14.0 Å². The van der Waals surface area contributed by atoms with Gasteiger partial charge in [0.05, 0.1) is 10.2 Å². The second kappa shape index (κ2) is 10.1. The Morgan fingerprint density at radius 2 is 1.88 bits per heavy atom. The lowest BCUT2D eigenvalue weighted by atomic mass is 10.2. The van der Waals surface area contributed by atoms with Crippen LogP contribution >= 0.6 is 35.2 Å². The maximum atomic E-state index is 12.5. The summed E-state index contributed by atoms with van der Waals surface area (Å²) in [4.78, 5) is 28.7. The molecule has 0 spiro atoms. The highest BCUT2D eigenvalue weighted by molar-refractivity contribution is 7.80. The number of hydrogen-bond donors (Lipinski definition) is 3. The Morgan fingerprint density at radius 3 is 2.64 bits per heavy atom. The van der Waals surface area contributed by atoms with Crippen LogP contribution in [0.1, 0.15) is 30.3 Å². The number of anilines is 2. The second-order valence-corrected chi connectivity index (χ2v) is 8.95. The van der Waals surface area contributed by atoms with Gasteiger partial charge in [0, 0.05) is 22.7 Å². The predicted octanol–water partition coefficient (Wildman–Crippen LogP) is 6.08. The summed E-state index contributed by atoms with van der Waals surface area (Å²) in [5.41, 5.74) is 2.25. The number of furan rings is 1. The van der Waals surface area contributed by atoms with Crippen LogP contribution in [0, 0.1) is 0 Å². The molecule has 0 radical (unpaired) electrons. The number of thiocarbonyl (C=S) groups is 1. The Balaban J connectivity index is 1.38. The van der Waals surface area contributed by atoms with E-state index in [0.29, 0.717) is 28.0 Å². The van der Waals surface area contributed by atoms with Crippen LogP contribution < -0.4 is 16.0 Å². The van der Waals surface area contributed by atoms with Gasteiger partial charge in [-0.25, -0.2) is 4.98 Å². The van der Waals surface area contributed by atoms with Gasteiger partial charge in [0.1, 0.15) is 5.76 Å². The van der Waals surface area contributed by atoms with Gasteiger partial charge in [-0.3, -0.25) is 14.9 Å². The highest BCUT2D eigenvalue weighted by Crippen LogP contribution is 2.29. The summed E-state index contributed by atoms with van der Waals surface area (Å²) in [5, 5.41) is 9.69. The van der Waals surface area contributed by atoms with Crippen molar-refractivity contribution in [3.05, 3.63) is 65.4 Å². The van der Waals surface area contributed by atoms with Crippen molar-refractivity contribution in [2.75, 3.05) is 10.6 Å². The number of benzene rings is 2. The number of rotatable bonds is 6. The number of carbonyl (C=O) groups is 2. The van der Waals surface area contributed by atoms with Crippen LogP contribution in [-0.2, 0) is 4.79 Å². The summed E-state index contributed by atoms with van der Waals surface area (Å²) >= 11 is 12.5.